The summed E-state index contributed by atoms with van der Waals surface area (Å²) in [5.41, 5.74) is 0.297. The smallest absolute Gasteiger partial charge is 0.317 e. The summed E-state index contributed by atoms with van der Waals surface area (Å²) in [5, 5.41) is 3.24. The van der Waals surface area contributed by atoms with Crippen LogP contribution in [0.25, 0.3) is 0 Å². The molecule has 0 bridgehead atoms. The minimum atomic E-state index is 0.0750. The zero-order valence-corrected chi connectivity index (χ0v) is 14.8. The first kappa shape index (κ1) is 16.7. The molecule has 1 aromatic carbocycles. The Balaban J connectivity index is 1.32. The molecule has 0 radical (unpaired) electrons. The van der Waals surface area contributed by atoms with Crippen LogP contribution in [0, 0.1) is 5.41 Å². The number of rotatable bonds is 3. The van der Waals surface area contributed by atoms with Crippen LogP contribution >= 0.6 is 0 Å². The highest BCUT2D eigenvalue weighted by atomic mass is 16.5. The quantitative estimate of drug-likeness (QED) is 0.916. The number of benzene rings is 1. The van der Waals surface area contributed by atoms with Gasteiger partial charge >= 0.3 is 6.03 Å². The van der Waals surface area contributed by atoms with Gasteiger partial charge in [0.15, 0.2) is 0 Å². The molecule has 1 N–H and O–H groups in total. The van der Waals surface area contributed by atoms with Crippen LogP contribution in [-0.2, 0) is 4.74 Å². The summed E-state index contributed by atoms with van der Waals surface area (Å²) >= 11 is 0. The zero-order chi connectivity index (χ0) is 17.1. The lowest BCUT2D eigenvalue weighted by atomic mass is 9.80. The first-order valence-corrected chi connectivity index (χ1v) is 9.59. The number of nitrogens with zero attached hydrogens (tertiary/aromatic N) is 1. The number of carbonyl (C=O) groups excluding carboxylic acids is 1. The van der Waals surface area contributed by atoms with E-state index >= 15 is 0 Å². The van der Waals surface area contributed by atoms with Gasteiger partial charge in [0.05, 0.1) is 6.04 Å². The molecule has 3 aliphatic rings. The molecule has 0 unspecified atom stereocenters. The van der Waals surface area contributed by atoms with Crippen molar-refractivity contribution in [3.63, 3.8) is 0 Å². The molecule has 2 atom stereocenters. The molecule has 2 aliphatic heterocycles. The number of likely N-dealkylation sites (tertiary alicyclic amines) is 1. The van der Waals surface area contributed by atoms with Gasteiger partial charge < -0.3 is 19.7 Å². The van der Waals surface area contributed by atoms with Gasteiger partial charge in [-0.25, -0.2) is 4.79 Å². The molecule has 1 aromatic rings. The SMILES string of the molecule is O=C(N[C@@H]1CCC[C@@H]1Oc1ccccc1)N1CCC2(CCOCC2)C1. The van der Waals surface area contributed by atoms with E-state index in [0.717, 1.165) is 70.6 Å². The Bertz CT molecular complexity index is 586. The number of nitrogens with one attached hydrogen (secondary N) is 1. The average molecular weight is 344 g/mol. The summed E-state index contributed by atoms with van der Waals surface area (Å²) in [4.78, 5) is 14.8. The van der Waals surface area contributed by atoms with Gasteiger partial charge in [-0.2, -0.15) is 0 Å². The molecule has 1 saturated carbocycles. The third-order valence-electron chi connectivity index (χ3n) is 6.07. The number of ether oxygens (including phenoxy) is 2. The number of hydrogen-bond acceptors (Lipinski definition) is 3. The molecular weight excluding hydrogens is 316 g/mol. The van der Waals surface area contributed by atoms with Crippen molar-refractivity contribution in [1.82, 2.24) is 10.2 Å². The van der Waals surface area contributed by atoms with Gasteiger partial charge in [-0.1, -0.05) is 18.2 Å². The fourth-order valence-electron chi connectivity index (χ4n) is 4.48. The Hall–Kier alpha value is -1.75. The van der Waals surface area contributed by atoms with Crippen LogP contribution in [0.15, 0.2) is 30.3 Å². The Kier molecular flexibility index (Phi) is 4.84. The van der Waals surface area contributed by atoms with E-state index < -0.39 is 0 Å². The standard InChI is InChI=1S/C20H28N2O3/c23-19(22-12-9-20(15-22)10-13-24-14-11-20)21-17-7-4-8-18(17)25-16-5-2-1-3-6-16/h1-3,5-6,17-18H,4,7-15H2,(H,21,23)/t17-,18+/m1/s1. The Morgan fingerprint density at radius 1 is 1.16 bits per heavy atom. The van der Waals surface area contributed by atoms with Crippen LogP contribution in [0.1, 0.15) is 38.5 Å². The van der Waals surface area contributed by atoms with Crippen molar-refractivity contribution in [2.75, 3.05) is 26.3 Å². The topological polar surface area (TPSA) is 50.8 Å². The van der Waals surface area contributed by atoms with Gasteiger partial charge in [0, 0.05) is 26.3 Å². The molecule has 2 saturated heterocycles. The van der Waals surface area contributed by atoms with Crippen molar-refractivity contribution in [1.29, 1.82) is 0 Å². The monoisotopic (exact) mass is 344 g/mol. The molecule has 2 amide bonds. The van der Waals surface area contributed by atoms with Crippen molar-refractivity contribution < 1.29 is 14.3 Å². The normalized spacial score (nSPS) is 28.2. The van der Waals surface area contributed by atoms with E-state index in [1.807, 2.05) is 35.2 Å². The van der Waals surface area contributed by atoms with Gasteiger partial charge in [0.25, 0.3) is 0 Å². The molecule has 25 heavy (non-hydrogen) atoms. The summed E-state index contributed by atoms with van der Waals surface area (Å²) in [7, 11) is 0. The van der Waals surface area contributed by atoms with E-state index in [1.54, 1.807) is 0 Å². The Morgan fingerprint density at radius 3 is 2.76 bits per heavy atom. The number of amides is 2. The van der Waals surface area contributed by atoms with Crippen molar-refractivity contribution >= 4 is 6.03 Å². The summed E-state index contributed by atoms with van der Waals surface area (Å²) in [6, 6.07) is 10.1. The lowest BCUT2D eigenvalue weighted by Crippen LogP contribution is -2.48. The van der Waals surface area contributed by atoms with Crippen LogP contribution in [0.5, 0.6) is 5.75 Å². The molecule has 2 heterocycles. The lowest BCUT2D eigenvalue weighted by molar-refractivity contribution is 0.0207. The van der Waals surface area contributed by atoms with Crippen LogP contribution in [0.4, 0.5) is 4.79 Å². The predicted molar refractivity (Wildman–Crippen MR) is 95.7 cm³/mol. The summed E-state index contributed by atoms with van der Waals surface area (Å²) in [5.74, 6) is 0.885. The van der Waals surface area contributed by atoms with Crippen molar-refractivity contribution in [3.8, 4) is 5.75 Å². The highest BCUT2D eigenvalue weighted by Crippen LogP contribution is 2.39. The predicted octanol–water partition coefficient (Wildman–Crippen LogP) is 3.20. The molecule has 5 nitrogen and oxygen atoms in total. The van der Waals surface area contributed by atoms with E-state index in [9.17, 15) is 4.79 Å². The van der Waals surface area contributed by atoms with Crippen LogP contribution in [0.3, 0.4) is 0 Å². The summed E-state index contributed by atoms with van der Waals surface area (Å²) in [6.07, 6.45) is 6.45. The van der Waals surface area contributed by atoms with Crippen LogP contribution in [-0.4, -0.2) is 49.4 Å². The van der Waals surface area contributed by atoms with Gasteiger partial charge in [-0.3, -0.25) is 0 Å². The Morgan fingerprint density at radius 2 is 1.96 bits per heavy atom. The second kappa shape index (κ2) is 7.24. The first-order chi connectivity index (χ1) is 12.2. The van der Waals surface area contributed by atoms with Gasteiger partial charge in [0.1, 0.15) is 11.9 Å². The largest absolute Gasteiger partial charge is 0.488 e. The van der Waals surface area contributed by atoms with Crippen LogP contribution < -0.4 is 10.1 Å². The maximum Gasteiger partial charge on any atom is 0.317 e. The van der Waals surface area contributed by atoms with Crippen molar-refractivity contribution in [2.45, 2.75) is 50.7 Å². The third kappa shape index (κ3) is 3.76. The Labute approximate surface area is 149 Å². The van der Waals surface area contributed by atoms with E-state index in [2.05, 4.69) is 5.32 Å². The van der Waals surface area contributed by atoms with E-state index in [1.165, 1.54) is 0 Å². The lowest BCUT2D eigenvalue weighted by Gasteiger charge is -2.33. The molecule has 0 aromatic heterocycles. The fourth-order valence-corrected chi connectivity index (χ4v) is 4.48. The molecule has 136 valence electrons. The van der Waals surface area contributed by atoms with Crippen molar-refractivity contribution in [3.05, 3.63) is 30.3 Å². The van der Waals surface area contributed by atoms with Crippen LogP contribution in [0.2, 0.25) is 0 Å². The van der Waals surface area contributed by atoms with E-state index in [0.29, 0.717) is 5.41 Å². The number of urea groups is 1. The average Bonchev–Trinajstić information content (AvgIpc) is 3.24. The second-order valence-corrected chi connectivity index (χ2v) is 7.74. The van der Waals surface area contributed by atoms with Gasteiger partial charge in [0.2, 0.25) is 0 Å². The zero-order valence-electron chi connectivity index (χ0n) is 14.8. The molecule has 4 rings (SSSR count). The minimum Gasteiger partial charge on any atom is -0.488 e. The van der Waals surface area contributed by atoms with Gasteiger partial charge in [-0.15, -0.1) is 0 Å². The summed E-state index contributed by atoms with van der Waals surface area (Å²) < 4.78 is 11.6. The molecule has 1 spiro atoms. The second-order valence-electron chi connectivity index (χ2n) is 7.74. The molecular formula is C20H28N2O3. The highest BCUT2D eigenvalue weighted by Gasteiger charge is 2.42. The highest BCUT2D eigenvalue weighted by molar-refractivity contribution is 5.75. The third-order valence-corrected chi connectivity index (χ3v) is 6.07. The maximum absolute atomic E-state index is 12.8. The van der Waals surface area contributed by atoms with E-state index in [-0.39, 0.29) is 18.2 Å². The number of para-hydroxylation sites is 1. The fraction of sp³-hybridized carbons (Fsp3) is 0.650. The minimum absolute atomic E-state index is 0.0750. The maximum atomic E-state index is 12.8. The summed E-state index contributed by atoms with van der Waals surface area (Å²) in [6.45, 7) is 3.41. The molecule has 5 heteroatoms. The first-order valence-electron chi connectivity index (χ1n) is 9.59. The van der Waals surface area contributed by atoms with Crippen molar-refractivity contribution in [2.24, 2.45) is 5.41 Å². The number of hydrogen-bond donors (Lipinski definition) is 1. The number of carbonyl (C=O) groups is 1. The van der Waals surface area contributed by atoms with E-state index in [4.69, 9.17) is 9.47 Å². The van der Waals surface area contributed by atoms with Gasteiger partial charge in [-0.05, 0) is 56.1 Å². The molecule has 3 fully saturated rings. The molecule has 1 aliphatic carbocycles.